The van der Waals surface area contributed by atoms with Crippen LogP contribution in [0.5, 0.6) is 0 Å². The summed E-state index contributed by atoms with van der Waals surface area (Å²) in [6, 6.07) is 0.242. The minimum absolute atomic E-state index is 0.126. The number of hydrogen-bond donors (Lipinski definition) is 2. The first kappa shape index (κ1) is 13.8. The molecule has 0 radical (unpaired) electrons. The Bertz CT molecular complexity index is 229. The summed E-state index contributed by atoms with van der Waals surface area (Å²) in [5.41, 5.74) is 0. The molecule has 5 nitrogen and oxygen atoms in total. The van der Waals surface area contributed by atoms with E-state index in [1.807, 2.05) is 6.92 Å². The lowest BCUT2D eigenvalue weighted by Crippen LogP contribution is -2.38. The summed E-state index contributed by atoms with van der Waals surface area (Å²) in [5, 5.41) is 3.13. The summed E-state index contributed by atoms with van der Waals surface area (Å²) in [4.78, 5) is 0. The lowest BCUT2D eigenvalue weighted by molar-refractivity contribution is 0.172. The van der Waals surface area contributed by atoms with Gasteiger partial charge in [0, 0.05) is 26.2 Å². The fourth-order valence-corrected chi connectivity index (χ4v) is 1.55. The minimum atomic E-state index is -3.05. The molecule has 0 rings (SSSR count). The van der Waals surface area contributed by atoms with Crippen molar-refractivity contribution in [2.75, 3.05) is 32.6 Å². The molecule has 0 amide bonds. The lowest BCUT2D eigenvalue weighted by atomic mass is 10.3. The van der Waals surface area contributed by atoms with Crippen molar-refractivity contribution in [3.63, 3.8) is 0 Å². The molecule has 0 saturated carbocycles. The Labute approximate surface area is 86.3 Å². The molecule has 86 valence electrons. The Balaban J connectivity index is 3.47. The molecule has 0 fully saturated rings. The second kappa shape index (κ2) is 7.17. The van der Waals surface area contributed by atoms with Gasteiger partial charge in [-0.2, -0.15) is 0 Å². The third-order valence-electron chi connectivity index (χ3n) is 1.74. The van der Waals surface area contributed by atoms with E-state index < -0.39 is 10.0 Å². The molecule has 0 saturated heterocycles. The van der Waals surface area contributed by atoms with Gasteiger partial charge in [-0.25, -0.2) is 13.1 Å². The molecule has 6 heteroatoms. The van der Waals surface area contributed by atoms with Gasteiger partial charge in [-0.3, -0.25) is 0 Å². The Hall–Kier alpha value is -0.170. The second-order valence-electron chi connectivity index (χ2n) is 3.11. The number of hydrogen-bond acceptors (Lipinski definition) is 4. The highest BCUT2D eigenvalue weighted by Crippen LogP contribution is 1.82. The molecule has 0 aromatic carbocycles. The third kappa shape index (κ3) is 7.25. The van der Waals surface area contributed by atoms with Crippen molar-refractivity contribution in [2.24, 2.45) is 0 Å². The largest absolute Gasteiger partial charge is 0.383 e. The van der Waals surface area contributed by atoms with Crippen molar-refractivity contribution < 1.29 is 13.2 Å². The monoisotopic (exact) mass is 224 g/mol. The van der Waals surface area contributed by atoms with Crippen molar-refractivity contribution in [3.05, 3.63) is 0 Å². The molecule has 0 heterocycles. The van der Waals surface area contributed by atoms with Gasteiger partial charge in [0.2, 0.25) is 10.0 Å². The van der Waals surface area contributed by atoms with E-state index in [0.717, 1.165) is 0 Å². The van der Waals surface area contributed by atoms with Crippen molar-refractivity contribution in [3.8, 4) is 0 Å². The van der Waals surface area contributed by atoms with Crippen LogP contribution in [-0.4, -0.2) is 47.0 Å². The van der Waals surface area contributed by atoms with Gasteiger partial charge in [0.1, 0.15) is 0 Å². The highest BCUT2D eigenvalue weighted by atomic mass is 32.2. The van der Waals surface area contributed by atoms with Crippen LogP contribution in [-0.2, 0) is 14.8 Å². The molecule has 0 aromatic heterocycles. The van der Waals surface area contributed by atoms with Gasteiger partial charge >= 0.3 is 0 Å². The molecule has 1 unspecified atom stereocenters. The standard InChI is InChI=1S/C8H20N2O3S/c1-4-14(11,12)10-6-5-9-8(2)7-13-3/h8-10H,4-7H2,1-3H3. The predicted molar refractivity (Wildman–Crippen MR) is 56.8 cm³/mol. The molecule has 0 bridgehead atoms. The summed E-state index contributed by atoms with van der Waals surface area (Å²) in [7, 11) is -1.41. The maximum atomic E-state index is 11.0. The minimum Gasteiger partial charge on any atom is -0.383 e. The summed E-state index contributed by atoms with van der Waals surface area (Å²) < 4.78 is 29.4. The molecule has 0 aromatic rings. The molecule has 1 atom stereocenters. The maximum Gasteiger partial charge on any atom is 0.211 e. The van der Waals surface area contributed by atoms with E-state index in [4.69, 9.17) is 4.74 Å². The number of rotatable bonds is 8. The molecular formula is C8H20N2O3S. The van der Waals surface area contributed by atoms with Crippen LogP contribution in [0.4, 0.5) is 0 Å². The Morgan fingerprint density at radius 3 is 2.50 bits per heavy atom. The summed E-state index contributed by atoms with van der Waals surface area (Å²) in [6.07, 6.45) is 0. The van der Waals surface area contributed by atoms with E-state index in [2.05, 4.69) is 10.0 Å². The molecule has 14 heavy (non-hydrogen) atoms. The molecule has 0 aliphatic carbocycles. The van der Waals surface area contributed by atoms with Crippen LogP contribution in [0.15, 0.2) is 0 Å². The fraction of sp³-hybridized carbons (Fsp3) is 1.00. The van der Waals surface area contributed by atoms with Gasteiger partial charge in [0.25, 0.3) is 0 Å². The van der Waals surface area contributed by atoms with Crippen LogP contribution < -0.4 is 10.0 Å². The highest BCUT2D eigenvalue weighted by molar-refractivity contribution is 7.89. The molecule has 2 N–H and O–H groups in total. The fourth-order valence-electron chi connectivity index (χ4n) is 0.936. The zero-order chi connectivity index (χ0) is 11.0. The predicted octanol–water partition coefficient (Wildman–Crippen LogP) is -0.450. The first-order chi connectivity index (χ1) is 6.52. The van der Waals surface area contributed by atoms with Gasteiger partial charge in [0.15, 0.2) is 0 Å². The highest BCUT2D eigenvalue weighted by Gasteiger charge is 2.05. The van der Waals surface area contributed by atoms with E-state index in [-0.39, 0.29) is 11.8 Å². The molecule has 0 spiro atoms. The molecule has 0 aliphatic heterocycles. The van der Waals surface area contributed by atoms with E-state index >= 15 is 0 Å². The first-order valence-electron chi connectivity index (χ1n) is 4.71. The van der Waals surface area contributed by atoms with Crippen LogP contribution in [0.3, 0.4) is 0 Å². The van der Waals surface area contributed by atoms with E-state index in [1.165, 1.54) is 0 Å². The van der Waals surface area contributed by atoms with E-state index in [1.54, 1.807) is 14.0 Å². The van der Waals surface area contributed by atoms with E-state index in [0.29, 0.717) is 19.7 Å². The van der Waals surface area contributed by atoms with Crippen molar-refractivity contribution >= 4 is 10.0 Å². The van der Waals surface area contributed by atoms with Crippen molar-refractivity contribution in [1.82, 2.24) is 10.0 Å². The average molecular weight is 224 g/mol. The zero-order valence-electron chi connectivity index (χ0n) is 9.04. The van der Waals surface area contributed by atoms with Crippen LogP contribution in [0.25, 0.3) is 0 Å². The van der Waals surface area contributed by atoms with Crippen molar-refractivity contribution in [1.29, 1.82) is 0 Å². The first-order valence-corrected chi connectivity index (χ1v) is 6.36. The summed E-state index contributed by atoms with van der Waals surface area (Å²) >= 11 is 0. The van der Waals surface area contributed by atoms with Gasteiger partial charge in [0.05, 0.1) is 12.4 Å². The second-order valence-corrected chi connectivity index (χ2v) is 5.20. The SMILES string of the molecule is CCS(=O)(=O)NCCNC(C)COC. The quantitative estimate of drug-likeness (QED) is 0.548. The van der Waals surface area contributed by atoms with Crippen molar-refractivity contribution in [2.45, 2.75) is 19.9 Å². The number of methoxy groups -OCH3 is 1. The third-order valence-corrected chi connectivity index (χ3v) is 3.14. The lowest BCUT2D eigenvalue weighted by Gasteiger charge is -2.12. The smallest absolute Gasteiger partial charge is 0.211 e. The topological polar surface area (TPSA) is 67.4 Å². The van der Waals surface area contributed by atoms with Crippen LogP contribution >= 0.6 is 0 Å². The van der Waals surface area contributed by atoms with Crippen LogP contribution in [0, 0.1) is 0 Å². The Kier molecular flexibility index (Phi) is 7.08. The molecular weight excluding hydrogens is 204 g/mol. The van der Waals surface area contributed by atoms with Gasteiger partial charge in [-0.1, -0.05) is 0 Å². The summed E-state index contributed by atoms with van der Waals surface area (Å²) in [5.74, 6) is 0.126. The van der Waals surface area contributed by atoms with Crippen LogP contribution in [0.1, 0.15) is 13.8 Å². The van der Waals surface area contributed by atoms with Crippen LogP contribution in [0.2, 0.25) is 0 Å². The van der Waals surface area contributed by atoms with E-state index in [9.17, 15) is 8.42 Å². The Morgan fingerprint density at radius 1 is 1.36 bits per heavy atom. The van der Waals surface area contributed by atoms with Gasteiger partial charge in [-0.15, -0.1) is 0 Å². The normalized spacial score (nSPS) is 14.2. The number of ether oxygens (including phenoxy) is 1. The number of sulfonamides is 1. The molecule has 0 aliphatic rings. The average Bonchev–Trinajstić information content (AvgIpc) is 2.13. The van der Waals surface area contributed by atoms with Gasteiger partial charge < -0.3 is 10.1 Å². The van der Waals surface area contributed by atoms with Gasteiger partial charge in [-0.05, 0) is 13.8 Å². The zero-order valence-corrected chi connectivity index (χ0v) is 9.86. The summed E-state index contributed by atoms with van der Waals surface area (Å²) in [6.45, 7) is 5.26. The Morgan fingerprint density at radius 2 is 2.00 bits per heavy atom. The number of nitrogens with one attached hydrogen (secondary N) is 2. The maximum absolute atomic E-state index is 11.0.